The van der Waals surface area contributed by atoms with Crippen molar-refractivity contribution in [2.24, 2.45) is 5.41 Å². The molecule has 4 nitrogen and oxygen atoms in total. The van der Waals surface area contributed by atoms with E-state index in [1.54, 1.807) is 0 Å². The molecule has 0 aromatic carbocycles. The molecule has 0 aromatic heterocycles. The zero-order chi connectivity index (χ0) is 12.6. The highest BCUT2D eigenvalue weighted by molar-refractivity contribution is 5.83. The topological polar surface area (TPSA) is 61.4 Å². The van der Waals surface area contributed by atoms with Gasteiger partial charge in [0.1, 0.15) is 0 Å². The summed E-state index contributed by atoms with van der Waals surface area (Å²) >= 11 is 0. The largest absolute Gasteiger partial charge is 0.396 e. The Morgan fingerprint density at radius 2 is 2.12 bits per heavy atom. The molecule has 1 heterocycles. The molecule has 17 heavy (non-hydrogen) atoms. The van der Waals surface area contributed by atoms with E-state index >= 15 is 0 Å². The van der Waals surface area contributed by atoms with Crippen LogP contribution in [0.4, 0.5) is 0 Å². The number of aliphatic hydroxyl groups excluding tert-OH is 1. The van der Waals surface area contributed by atoms with Crippen molar-refractivity contribution in [3.8, 4) is 0 Å². The molecule has 1 amide bonds. The third-order valence-corrected chi connectivity index (χ3v) is 3.77. The van der Waals surface area contributed by atoms with Crippen molar-refractivity contribution < 1.29 is 9.90 Å². The minimum absolute atomic E-state index is 0.162. The van der Waals surface area contributed by atoms with Crippen molar-refractivity contribution in [2.75, 3.05) is 26.2 Å². The van der Waals surface area contributed by atoms with E-state index < -0.39 is 0 Å². The van der Waals surface area contributed by atoms with Gasteiger partial charge in [0, 0.05) is 19.7 Å². The van der Waals surface area contributed by atoms with Gasteiger partial charge >= 0.3 is 0 Å². The molecule has 1 saturated heterocycles. The molecule has 0 bridgehead atoms. The molecule has 0 aromatic rings. The van der Waals surface area contributed by atoms with Gasteiger partial charge in [-0.05, 0) is 32.2 Å². The van der Waals surface area contributed by atoms with Crippen molar-refractivity contribution in [1.29, 1.82) is 0 Å². The van der Waals surface area contributed by atoms with E-state index in [2.05, 4.69) is 17.6 Å². The maximum absolute atomic E-state index is 12.1. The van der Waals surface area contributed by atoms with Crippen LogP contribution in [0, 0.1) is 5.41 Å². The lowest BCUT2D eigenvalue weighted by atomic mass is 9.83. The Hall–Kier alpha value is -0.610. The van der Waals surface area contributed by atoms with Crippen LogP contribution in [-0.4, -0.2) is 37.3 Å². The zero-order valence-corrected chi connectivity index (χ0v) is 10.9. The molecule has 1 atom stereocenters. The zero-order valence-electron chi connectivity index (χ0n) is 10.9. The molecule has 1 aliphatic heterocycles. The predicted octanol–water partition coefficient (Wildman–Crippen LogP) is 1.04. The predicted molar refractivity (Wildman–Crippen MR) is 68.8 cm³/mol. The van der Waals surface area contributed by atoms with Crippen molar-refractivity contribution in [3.63, 3.8) is 0 Å². The first-order chi connectivity index (χ1) is 8.25. The molecule has 3 N–H and O–H groups in total. The Labute approximate surface area is 104 Å². The lowest BCUT2D eigenvalue weighted by Gasteiger charge is -2.25. The Balaban J connectivity index is 2.15. The van der Waals surface area contributed by atoms with Gasteiger partial charge in [0.05, 0.1) is 5.41 Å². The summed E-state index contributed by atoms with van der Waals surface area (Å²) in [5.74, 6) is 0.215. The van der Waals surface area contributed by atoms with Crippen molar-refractivity contribution in [2.45, 2.75) is 45.4 Å². The van der Waals surface area contributed by atoms with E-state index in [0.29, 0.717) is 0 Å². The minimum Gasteiger partial charge on any atom is -0.396 e. The number of aliphatic hydroxyl groups is 1. The van der Waals surface area contributed by atoms with E-state index in [9.17, 15) is 4.79 Å². The first kappa shape index (κ1) is 14.5. The Morgan fingerprint density at radius 3 is 2.71 bits per heavy atom. The molecule has 1 fully saturated rings. The molecule has 0 radical (unpaired) electrons. The van der Waals surface area contributed by atoms with Crippen LogP contribution in [0.25, 0.3) is 0 Å². The highest BCUT2D eigenvalue weighted by Gasteiger charge is 2.38. The third kappa shape index (κ3) is 4.28. The van der Waals surface area contributed by atoms with Crippen LogP contribution in [0.5, 0.6) is 0 Å². The van der Waals surface area contributed by atoms with Crippen LogP contribution in [0.15, 0.2) is 0 Å². The maximum Gasteiger partial charge on any atom is 0.227 e. The Bertz CT molecular complexity index is 225. The number of carbonyl (C=O) groups is 1. The van der Waals surface area contributed by atoms with Gasteiger partial charge in [-0.1, -0.05) is 19.8 Å². The molecule has 0 saturated carbocycles. The van der Waals surface area contributed by atoms with Gasteiger partial charge in [-0.25, -0.2) is 0 Å². The molecular formula is C13H26N2O2. The summed E-state index contributed by atoms with van der Waals surface area (Å²) in [7, 11) is 0. The van der Waals surface area contributed by atoms with Gasteiger partial charge < -0.3 is 15.7 Å². The fraction of sp³-hybridized carbons (Fsp3) is 0.923. The van der Waals surface area contributed by atoms with E-state index in [-0.39, 0.29) is 17.9 Å². The second kappa shape index (κ2) is 7.67. The summed E-state index contributed by atoms with van der Waals surface area (Å²) in [5, 5.41) is 15.0. The fourth-order valence-electron chi connectivity index (χ4n) is 2.38. The minimum atomic E-state index is -0.162. The highest BCUT2D eigenvalue weighted by Crippen LogP contribution is 2.29. The van der Waals surface area contributed by atoms with E-state index in [4.69, 9.17) is 5.11 Å². The van der Waals surface area contributed by atoms with Gasteiger partial charge in [0.25, 0.3) is 0 Å². The number of rotatable bonds is 8. The average Bonchev–Trinajstić information content (AvgIpc) is 2.83. The molecule has 100 valence electrons. The highest BCUT2D eigenvalue weighted by atomic mass is 16.2. The molecule has 0 aliphatic carbocycles. The normalized spacial score (nSPS) is 23.9. The van der Waals surface area contributed by atoms with Gasteiger partial charge in [-0.15, -0.1) is 0 Å². The molecule has 1 aliphatic rings. The summed E-state index contributed by atoms with van der Waals surface area (Å²) < 4.78 is 0. The first-order valence-corrected chi connectivity index (χ1v) is 6.85. The third-order valence-electron chi connectivity index (χ3n) is 3.77. The number of nitrogens with one attached hydrogen (secondary N) is 2. The van der Waals surface area contributed by atoms with E-state index in [1.807, 2.05) is 0 Å². The second-order valence-corrected chi connectivity index (χ2v) is 4.95. The second-order valence-electron chi connectivity index (χ2n) is 4.95. The fourth-order valence-corrected chi connectivity index (χ4v) is 2.38. The standard InChI is InChI=1S/C13H26N2O2/c1-2-13(7-9-14-11-13)12(17)15-8-5-3-4-6-10-16/h14,16H,2-11H2,1H3,(H,15,17). The number of carbonyl (C=O) groups excluding carboxylic acids is 1. The van der Waals surface area contributed by atoms with Crippen LogP contribution < -0.4 is 10.6 Å². The Kier molecular flexibility index (Phi) is 6.52. The smallest absolute Gasteiger partial charge is 0.227 e. The number of amides is 1. The number of hydrogen-bond acceptors (Lipinski definition) is 3. The summed E-state index contributed by atoms with van der Waals surface area (Å²) in [4.78, 5) is 12.1. The van der Waals surface area contributed by atoms with E-state index in [0.717, 1.165) is 58.2 Å². The maximum atomic E-state index is 12.1. The Morgan fingerprint density at radius 1 is 1.35 bits per heavy atom. The van der Waals surface area contributed by atoms with Gasteiger partial charge in [-0.2, -0.15) is 0 Å². The summed E-state index contributed by atoms with van der Waals surface area (Å²) in [6, 6.07) is 0. The van der Waals surface area contributed by atoms with Gasteiger partial charge in [0.2, 0.25) is 5.91 Å². The molecular weight excluding hydrogens is 216 g/mol. The van der Waals surface area contributed by atoms with Gasteiger partial charge in [0.15, 0.2) is 0 Å². The van der Waals surface area contributed by atoms with Crippen LogP contribution in [0.2, 0.25) is 0 Å². The van der Waals surface area contributed by atoms with Crippen LogP contribution in [0.1, 0.15) is 45.4 Å². The monoisotopic (exact) mass is 242 g/mol. The lowest BCUT2D eigenvalue weighted by molar-refractivity contribution is -0.130. The van der Waals surface area contributed by atoms with Crippen molar-refractivity contribution >= 4 is 5.91 Å². The van der Waals surface area contributed by atoms with E-state index in [1.165, 1.54) is 0 Å². The lowest BCUT2D eigenvalue weighted by Crippen LogP contribution is -2.42. The average molecular weight is 242 g/mol. The number of hydrogen-bond donors (Lipinski definition) is 3. The molecule has 1 rings (SSSR count). The molecule has 1 unspecified atom stereocenters. The van der Waals surface area contributed by atoms with Crippen molar-refractivity contribution in [1.82, 2.24) is 10.6 Å². The van der Waals surface area contributed by atoms with Crippen LogP contribution >= 0.6 is 0 Å². The van der Waals surface area contributed by atoms with Crippen LogP contribution in [0.3, 0.4) is 0 Å². The molecule has 4 heteroatoms. The van der Waals surface area contributed by atoms with Gasteiger partial charge in [-0.3, -0.25) is 4.79 Å². The first-order valence-electron chi connectivity index (χ1n) is 6.85. The summed E-state index contributed by atoms with van der Waals surface area (Å²) in [6.45, 7) is 4.91. The molecule has 0 spiro atoms. The quantitative estimate of drug-likeness (QED) is 0.557. The summed E-state index contributed by atoms with van der Waals surface area (Å²) in [5.41, 5.74) is -0.162. The van der Waals surface area contributed by atoms with Crippen LogP contribution in [-0.2, 0) is 4.79 Å². The summed E-state index contributed by atoms with van der Waals surface area (Å²) in [6.07, 6.45) is 5.89. The SMILES string of the molecule is CCC1(C(=O)NCCCCCCO)CCNC1. The number of unbranched alkanes of at least 4 members (excludes halogenated alkanes) is 3. The van der Waals surface area contributed by atoms with Crippen molar-refractivity contribution in [3.05, 3.63) is 0 Å².